The summed E-state index contributed by atoms with van der Waals surface area (Å²) in [7, 11) is 0. The second kappa shape index (κ2) is 4.63. The molecule has 0 aromatic carbocycles. The van der Waals surface area contributed by atoms with Crippen LogP contribution in [0.15, 0.2) is 28.9 Å². The highest BCUT2D eigenvalue weighted by Gasteiger charge is 2.10. The Morgan fingerprint density at radius 2 is 2.44 bits per heavy atom. The van der Waals surface area contributed by atoms with Crippen LogP contribution in [0.3, 0.4) is 0 Å². The largest absolute Gasteiger partial charge is 0.455 e. The number of hydrogen-bond acceptors (Lipinski definition) is 4. The first-order chi connectivity index (χ1) is 7.79. The third-order valence-electron chi connectivity index (χ3n) is 2.09. The monoisotopic (exact) mass is 220 g/mol. The predicted molar refractivity (Wildman–Crippen MR) is 56.4 cm³/mol. The molecule has 2 heterocycles. The molecule has 0 aliphatic rings. The summed E-state index contributed by atoms with van der Waals surface area (Å²) in [6.45, 7) is 0.697. The lowest BCUT2D eigenvalue weighted by Gasteiger charge is -1.99. The van der Waals surface area contributed by atoms with Crippen molar-refractivity contribution in [3.05, 3.63) is 41.6 Å². The molecular formula is C10H12N4O2. The molecule has 2 aromatic heterocycles. The van der Waals surface area contributed by atoms with E-state index in [0.29, 0.717) is 12.3 Å². The number of H-pyrrole nitrogens is 1. The summed E-state index contributed by atoms with van der Waals surface area (Å²) in [5.41, 5.74) is 6.28. The van der Waals surface area contributed by atoms with Gasteiger partial charge in [-0.1, -0.05) is 0 Å². The number of carbonyl (C=O) groups is 1. The van der Waals surface area contributed by atoms with E-state index in [1.54, 1.807) is 24.5 Å². The number of nitrogens with two attached hydrogens (primary N) is 1. The molecular weight excluding hydrogens is 208 g/mol. The van der Waals surface area contributed by atoms with E-state index in [1.165, 1.54) is 0 Å². The molecule has 6 heteroatoms. The molecule has 0 atom stereocenters. The van der Waals surface area contributed by atoms with Gasteiger partial charge in [-0.05, 0) is 12.1 Å². The first-order valence-corrected chi connectivity index (χ1v) is 4.84. The lowest BCUT2D eigenvalue weighted by Crippen LogP contribution is -2.21. The molecule has 0 saturated carbocycles. The van der Waals surface area contributed by atoms with Gasteiger partial charge < -0.3 is 15.5 Å². The summed E-state index contributed by atoms with van der Waals surface area (Å²) in [6, 6.07) is 3.29. The number of carbonyl (C=O) groups excluding carboxylic acids is 1. The van der Waals surface area contributed by atoms with Crippen LogP contribution in [0, 0.1) is 0 Å². The van der Waals surface area contributed by atoms with Gasteiger partial charge in [0.05, 0.1) is 12.7 Å². The second-order valence-corrected chi connectivity index (χ2v) is 3.26. The number of amides is 1. The summed E-state index contributed by atoms with van der Waals surface area (Å²) < 4.78 is 5.20. The van der Waals surface area contributed by atoms with Gasteiger partial charge in [0.15, 0.2) is 5.76 Å². The van der Waals surface area contributed by atoms with Crippen molar-refractivity contribution in [1.29, 1.82) is 0 Å². The average Bonchev–Trinajstić information content (AvgIpc) is 2.96. The van der Waals surface area contributed by atoms with E-state index in [0.717, 1.165) is 5.56 Å². The fourth-order valence-electron chi connectivity index (χ4n) is 1.25. The standard InChI is InChI=1S/C10H12N4O2/c11-3-8-1-2-9(16-8)10(15)12-4-7-5-13-14-6-7/h1-2,5-6H,3-4,11H2,(H,12,15)(H,13,14). The van der Waals surface area contributed by atoms with Crippen molar-refractivity contribution in [1.82, 2.24) is 15.5 Å². The van der Waals surface area contributed by atoms with Gasteiger partial charge in [0.25, 0.3) is 5.91 Å². The van der Waals surface area contributed by atoms with Gasteiger partial charge >= 0.3 is 0 Å². The van der Waals surface area contributed by atoms with Gasteiger partial charge in [-0.15, -0.1) is 0 Å². The molecule has 1 amide bonds. The van der Waals surface area contributed by atoms with E-state index < -0.39 is 0 Å². The Bertz CT molecular complexity index is 461. The lowest BCUT2D eigenvalue weighted by molar-refractivity contribution is 0.0921. The predicted octanol–water partition coefficient (Wildman–Crippen LogP) is 0.391. The zero-order valence-electron chi connectivity index (χ0n) is 8.56. The van der Waals surface area contributed by atoms with Gasteiger partial charge in [-0.2, -0.15) is 5.10 Å². The van der Waals surface area contributed by atoms with Crippen molar-refractivity contribution >= 4 is 5.91 Å². The Morgan fingerprint density at radius 3 is 3.06 bits per heavy atom. The van der Waals surface area contributed by atoms with Crippen LogP contribution >= 0.6 is 0 Å². The van der Waals surface area contributed by atoms with Gasteiger partial charge in [0, 0.05) is 18.3 Å². The highest BCUT2D eigenvalue weighted by atomic mass is 16.4. The van der Waals surface area contributed by atoms with Crippen LogP contribution in [0.1, 0.15) is 21.9 Å². The number of nitrogens with zero attached hydrogens (tertiary/aromatic N) is 1. The Labute approximate surface area is 91.8 Å². The number of hydrogen-bond donors (Lipinski definition) is 3. The van der Waals surface area contributed by atoms with E-state index >= 15 is 0 Å². The molecule has 0 radical (unpaired) electrons. The minimum Gasteiger partial charge on any atom is -0.455 e. The van der Waals surface area contributed by atoms with Crippen LogP contribution in [0.4, 0.5) is 0 Å². The molecule has 84 valence electrons. The molecule has 0 saturated heterocycles. The Kier molecular flexibility index (Phi) is 3.02. The molecule has 0 aliphatic carbocycles. The summed E-state index contributed by atoms with van der Waals surface area (Å²) in [4.78, 5) is 11.6. The first kappa shape index (κ1) is 10.4. The number of nitrogens with one attached hydrogen (secondary N) is 2. The van der Waals surface area contributed by atoms with Gasteiger partial charge in [-0.25, -0.2) is 0 Å². The zero-order valence-corrected chi connectivity index (χ0v) is 8.56. The molecule has 0 spiro atoms. The van der Waals surface area contributed by atoms with E-state index in [9.17, 15) is 4.79 Å². The number of aromatic amines is 1. The van der Waals surface area contributed by atoms with Crippen LogP contribution in [0.25, 0.3) is 0 Å². The van der Waals surface area contributed by atoms with Crippen LogP contribution in [-0.2, 0) is 13.1 Å². The molecule has 0 aliphatic heterocycles. The molecule has 16 heavy (non-hydrogen) atoms. The smallest absolute Gasteiger partial charge is 0.287 e. The molecule has 0 unspecified atom stereocenters. The molecule has 2 rings (SSSR count). The Hall–Kier alpha value is -2.08. The minimum atomic E-state index is -0.263. The van der Waals surface area contributed by atoms with Crippen molar-refractivity contribution in [3.63, 3.8) is 0 Å². The van der Waals surface area contributed by atoms with Gasteiger partial charge in [0.1, 0.15) is 5.76 Å². The fourth-order valence-corrected chi connectivity index (χ4v) is 1.25. The lowest BCUT2D eigenvalue weighted by atomic mass is 10.3. The molecule has 4 N–H and O–H groups in total. The Balaban J connectivity index is 1.93. The third kappa shape index (κ3) is 2.29. The van der Waals surface area contributed by atoms with Crippen LogP contribution < -0.4 is 11.1 Å². The minimum absolute atomic E-state index is 0.263. The zero-order chi connectivity index (χ0) is 11.4. The number of furan rings is 1. The number of aromatic nitrogens is 2. The average molecular weight is 220 g/mol. The summed E-state index contributed by atoms with van der Waals surface area (Å²) in [5.74, 6) is 0.596. The van der Waals surface area contributed by atoms with Crippen LogP contribution in [0.5, 0.6) is 0 Å². The Morgan fingerprint density at radius 1 is 1.56 bits per heavy atom. The topological polar surface area (TPSA) is 96.9 Å². The fraction of sp³-hybridized carbons (Fsp3) is 0.200. The van der Waals surface area contributed by atoms with Crippen molar-refractivity contribution in [2.75, 3.05) is 0 Å². The quantitative estimate of drug-likeness (QED) is 0.694. The normalized spacial score (nSPS) is 10.3. The van der Waals surface area contributed by atoms with Crippen LogP contribution in [0.2, 0.25) is 0 Å². The first-order valence-electron chi connectivity index (χ1n) is 4.84. The van der Waals surface area contributed by atoms with E-state index in [4.69, 9.17) is 10.2 Å². The van der Waals surface area contributed by atoms with Gasteiger partial charge in [-0.3, -0.25) is 9.89 Å². The van der Waals surface area contributed by atoms with E-state index in [1.807, 2.05) is 0 Å². The molecule has 0 fully saturated rings. The maximum atomic E-state index is 11.6. The van der Waals surface area contributed by atoms with E-state index in [-0.39, 0.29) is 18.2 Å². The summed E-state index contributed by atoms with van der Waals surface area (Å²) in [6.07, 6.45) is 3.36. The SMILES string of the molecule is NCc1ccc(C(=O)NCc2cn[nH]c2)o1. The van der Waals surface area contributed by atoms with Crippen molar-refractivity contribution in [2.24, 2.45) is 5.73 Å². The van der Waals surface area contributed by atoms with Crippen LogP contribution in [-0.4, -0.2) is 16.1 Å². The highest BCUT2D eigenvalue weighted by Crippen LogP contribution is 2.07. The van der Waals surface area contributed by atoms with Crippen molar-refractivity contribution < 1.29 is 9.21 Å². The third-order valence-corrected chi connectivity index (χ3v) is 2.09. The summed E-state index contributed by atoms with van der Waals surface area (Å²) >= 11 is 0. The number of rotatable bonds is 4. The van der Waals surface area contributed by atoms with Gasteiger partial charge in [0.2, 0.25) is 0 Å². The highest BCUT2D eigenvalue weighted by molar-refractivity contribution is 5.91. The molecule has 0 bridgehead atoms. The molecule has 6 nitrogen and oxygen atoms in total. The summed E-state index contributed by atoms with van der Waals surface area (Å²) in [5, 5.41) is 9.14. The van der Waals surface area contributed by atoms with E-state index in [2.05, 4.69) is 15.5 Å². The van der Waals surface area contributed by atoms with Crippen molar-refractivity contribution in [3.8, 4) is 0 Å². The molecule has 2 aromatic rings. The van der Waals surface area contributed by atoms with Crippen molar-refractivity contribution in [2.45, 2.75) is 13.1 Å². The maximum absolute atomic E-state index is 11.6. The second-order valence-electron chi connectivity index (χ2n) is 3.26. The maximum Gasteiger partial charge on any atom is 0.287 e.